The third kappa shape index (κ3) is 7.27. The number of ether oxygens (including phenoxy) is 3. The molecule has 0 spiro atoms. The number of carbonyl (C=O) groups excluding carboxylic acids is 2. The lowest BCUT2D eigenvalue weighted by Gasteiger charge is -2.39. The van der Waals surface area contributed by atoms with Gasteiger partial charge in [-0.3, -0.25) is 9.59 Å². The average Bonchev–Trinajstić information content (AvgIpc) is 2.77. The fraction of sp³-hybridized carbons (Fsp3) is 0.636. The summed E-state index contributed by atoms with van der Waals surface area (Å²) in [5.74, 6) is -1.07. The molecule has 0 bridgehead atoms. The topological polar surface area (TPSA) is 173 Å². The van der Waals surface area contributed by atoms with Crippen LogP contribution in [0.1, 0.15) is 33.3 Å². The van der Waals surface area contributed by atoms with Crippen LogP contribution in [0.25, 0.3) is 0 Å². The predicted octanol–water partition coefficient (Wildman–Crippen LogP) is -0.533. The lowest BCUT2D eigenvalue weighted by atomic mass is 9.98. The number of amides is 1. The molecule has 1 fully saturated rings. The van der Waals surface area contributed by atoms with Crippen molar-refractivity contribution in [3.63, 3.8) is 0 Å². The van der Waals surface area contributed by atoms with Crippen LogP contribution in [0.2, 0.25) is 0 Å². The fourth-order valence-corrected chi connectivity index (χ4v) is 3.09. The number of aliphatic hydroxyl groups excluding tert-OH is 3. The number of benzene rings is 1. The molecule has 1 aromatic rings. The lowest BCUT2D eigenvalue weighted by Crippen LogP contribution is -2.63. The standard InChI is InChI=1S/C22H35N3O8/c1-11(2)21(30)31-10-13-5-6-14(25-12(3)4)15(9-13)32-22-18(28)16(26)17(27)19(33-22)20(29)24-8-7-23/h5-6,9,11-12,16-19,22,25-28H,7-8,10,23H2,1-4H3,(H,24,29)/t16-,17-,18+,19-,22+/m0/s1. The number of hydrogen-bond donors (Lipinski definition) is 6. The van der Waals surface area contributed by atoms with Crippen molar-refractivity contribution in [3.05, 3.63) is 23.8 Å². The maximum Gasteiger partial charge on any atom is 0.308 e. The molecule has 5 atom stereocenters. The van der Waals surface area contributed by atoms with Crippen molar-refractivity contribution >= 4 is 17.6 Å². The summed E-state index contributed by atoms with van der Waals surface area (Å²) in [6.07, 6.45) is -7.91. The van der Waals surface area contributed by atoms with Crippen LogP contribution in [0, 0.1) is 5.92 Å². The summed E-state index contributed by atoms with van der Waals surface area (Å²) in [7, 11) is 0. The summed E-state index contributed by atoms with van der Waals surface area (Å²) in [5, 5.41) is 36.6. The van der Waals surface area contributed by atoms with Crippen molar-refractivity contribution in [2.24, 2.45) is 11.7 Å². The van der Waals surface area contributed by atoms with E-state index in [1.165, 1.54) is 0 Å². The van der Waals surface area contributed by atoms with Gasteiger partial charge in [-0.25, -0.2) is 0 Å². The van der Waals surface area contributed by atoms with Crippen LogP contribution in [0.4, 0.5) is 5.69 Å². The molecule has 186 valence electrons. The summed E-state index contributed by atoms with van der Waals surface area (Å²) in [4.78, 5) is 24.1. The van der Waals surface area contributed by atoms with Crippen LogP contribution >= 0.6 is 0 Å². The zero-order chi connectivity index (χ0) is 24.7. The molecule has 0 radical (unpaired) electrons. The van der Waals surface area contributed by atoms with Crippen LogP contribution in [0.3, 0.4) is 0 Å². The van der Waals surface area contributed by atoms with E-state index in [9.17, 15) is 24.9 Å². The second-order valence-electron chi connectivity index (χ2n) is 8.49. The van der Waals surface area contributed by atoms with Gasteiger partial charge in [-0.2, -0.15) is 0 Å². The Balaban J connectivity index is 2.25. The van der Waals surface area contributed by atoms with Gasteiger partial charge < -0.3 is 45.9 Å². The van der Waals surface area contributed by atoms with E-state index in [-0.39, 0.29) is 43.4 Å². The molecule has 1 heterocycles. The minimum Gasteiger partial charge on any atom is -0.461 e. The Labute approximate surface area is 193 Å². The third-order valence-electron chi connectivity index (χ3n) is 4.86. The Morgan fingerprint density at radius 1 is 1.12 bits per heavy atom. The first-order valence-corrected chi connectivity index (χ1v) is 10.9. The van der Waals surface area contributed by atoms with Gasteiger partial charge in [0.25, 0.3) is 5.91 Å². The van der Waals surface area contributed by atoms with Gasteiger partial charge >= 0.3 is 5.97 Å². The molecule has 2 rings (SSSR count). The van der Waals surface area contributed by atoms with E-state index in [4.69, 9.17) is 19.9 Å². The monoisotopic (exact) mass is 469 g/mol. The number of anilines is 1. The van der Waals surface area contributed by atoms with Crippen molar-refractivity contribution < 1.29 is 39.1 Å². The number of nitrogens with one attached hydrogen (secondary N) is 2. The summed E-state index contributed by atoms with van der Waals surface area (Å²) in [6, 6.07) is 5.12. The zero-order valence-electron chi connectivity index (χ0n) is 19.4. The molecule has 7 N–H and O–H groups in total. The average molecular weight is 470 g/mol. The summed E-state index contributed by atoms with van der Waals surface area (Å²) < 4.78 is 16.6. The highest BCUT2D eigenvalue weighted by Crippen LogP contribution is 2.31. The molecule has 0 unspecified atom stereocenters. The van der Waals surface area contributed by atoms with Gasteiger partial charge in [0.15, 0.2) is 6.10 Å². The van der Waals surface area contributed by atoms with Gasteiger partial charge in [0.2, 0.25) is 6.29 Å². The second kappa shape index (κ2) is 12.1. The number of aliphatic hydroxyl groups is 3. The van der Waals surface area contributed by atoms with Gasteiger partial charge in [0.1, 0.15) is 30.7 Å². The Kier molecular flexibility index (Phi) is 9.87. The maximum absolute atomic E-state index is 12.3. The molecule has 33 heavy (non-hydrogen) atoms. The molecule has 1 saturated heterocycles. The highest BCUT2D eigenvalue weighted by molar-refractivity contribution is 5.81. The molecule has 1 aliphatic heterocycles. The smallest absolute Gasteiger partial charge is 0.308 e. The van der Waals surface area contributed by atoms with E-state index in [1.54, 1.807) is 32.0 Å². The van der Waals surface area contributed by atoms with Gasteiger partial charge in [-0.1, -0.05) is 19.9 Å². The lowest BCUT2D eigenvalue weighted by molar-refractivity contribution is -0.266. The van der Waals surface area contributed by atoms with Crippen LogP contribution < -0.4 is 21.1 Å². The third-order valence-corrected chi connectivity index (χ3v) is 4.86. The molecule has 0 aromatic heterocycles. The largest absolute Gasteiger partial charge is 0.461 e. The number of rotatable bonds is 10. The summed E-state index contributed by atoms with van der Waals surface area (Å²) >= 11 is 0. The van der Waals surface area contributed by atoms with E-state index >= 15 is 0 Å². The first-order chi connectivity index (χ1) is 15.5. The Morgan fingerprint density at radius 2 is 1.82 bits per heavy atom. The first-order valence-electron chi connectivity index (χ1n) is 10.9. The van der Waals surface area contributed by atoms with Crippen LogP contribution in [-0.2, 0) is 25.7 Å². The fourth-order valence-electron chi connectivity index (χ4n) is 3.09. The van der Waals surface area contributed by atoms with Crippen LogP contribution in [0.15, 0.2) is 18.2 Å². The predicted molar refractivity (Wildman–Crippen MR) is 119 cm³/mol. The molecule has 1 aromatic carbocycles. The molecule has 0 aliphatic carbocycles. The van der Waals surface area contributed by atoms with Crippen molar-refractivity contribution in [2.75, 3.05) is 18.4 Å². The SMILES string of the molecule is CC(C)Nc1ccc(COC(=O)C(C)C)cc1O[C@@H]1O[C@H](C(=O)NCCN)[C@@H](O)[C@H](O)[C@H]1O. The Morgan fingerprint density at radius 3 is 2.42 bits per heavy atom. The second-order valence-corrected chi connectivity index (χ2v) is 8.49. The van der Waals surface area contributed by atoms with Gasteiger partial charge in [0, 0.05) is 19.1 Å². The molecule has 1 amide bonds. The summed E-state index contributed by atoms with van der Waals surface area (Å²) in [6.45, 7) is 7.64. The number of carbonyl (C=O) groups is 2. The molecule has 11 heteroatoms. The number of esters is 1. The van der Waals surface area contributed by atoms with E-state index in [2.05, 4.69) is 10.6 Å². The highest BCUT2D eigenvalue weighted by Gasteiger charge is 2.48. The first kappa shape index (κ1) is 26.8. The van der Waals surface area contributed by atoms with Crippen molar-refractivity contribution in [2.45, 2.75) is 71.0 Å². The molecular formula is C22H35N3O8. The minimum atomic E-state index is -1.69. The van der Waals surface area contributed by atoms with E-state index in [0.29, 0.717) is 11.3 Å². The summed E-state index contributed by atoms with van der Waals surface area (Å²) in [5.41, 5.74) is 6.56. The Bertz CT molecular complexity index is 804. The zero-order valence-corrected chi connectivity index (χ0v) is 19.4. The van der Waals surface area contributed by atoms with E-state index in [1.807, 2.05) is 13.8 Å². The Hall–Kier alpha value is -2.44. The van der Waals surface area contributed by atoms with E-state index < -0.39 is 36.6 Å². The molecule has 0 saturated carbocycles. The van der Waals surface area contributed by atoms with Gasteiger partial charge in [0.05, 0.1) is 11.6 Å². The van der Waals surface area contributed by atoms with E-state index in [0.717, 1.165) is 0 Å². The van der Waals surface area contributed by atoms with Gasteiger partial charge in [-0.05, 0) is 31.5 Å². The molecular weight excluding hydrogens is 434 g/mol. The number of hydrogen-bond acceptors (Lipinski definition) is 10. The van der Waals surface area contributed by atoms with Crippen LogP contribution in [0.5, 0.6) is 5.75 Å². The van der Waals surface area contributed by atoms with Crippen LogP contribution in [-0.4, -0.2) is 77.0 Å². The minimum absolute atomic E-state index is 0.00880. The van der Waals surface area contributed by atoms with Crippen molar-refractivity contribution in [1.29, 1.82) is 0 Å². The highest BCUT2D eigenvalue weighted by atomic mass is 16.7. The normalized spacial score (nSPS) is 25.1. The maximum atomic E-state index is 12.3. The molecule has 1 aliphatic rings. The quantitative estimate of drug-likeness (QED) is 0.245. The molecule has 11 nitrogen and oxygen atoms in total. The number of nitrogens with two attached hydrogens (primary N) is 1. The van der Waals surface area contributed by atoms with Crippen molar-refractivity contribution in [3.8, 4) is 5.75 Å². The van der Waals surface area contributed by atoms with Gasteiger partial charge in [-0.15, -0.1) is 0 Å². The van der Waals surface area contributed by atoms with Crippen molar-refractivity contribution in [1.82, 2.24) is 5.32 Å².